The second kappa shape index (κ2) is 10.9. The van der Waals surface area contributed by atoms with Crippen LogP contribution in [0.25, 0.3) is 0 Å². The number of rotatable bonds is 8. The van der Waals surface area contributed by atoms with Crippen LogP contribution in [0.3, 0.4) is 0 Å². The van der Waals surface area contributed by atoms with Gasteiger partial charge in [-0.2, -0.15) is 8.42 Å². The zero-order valence-electron chi connectivity index (χ0n) is 19.7. The van der Waals surface area contributed by atoms with Gasteiger partial charge in [0, 0.05) is 26.2 Å². The van der Waals surface area contributed by atoms with Crippen LogP contribution in [0.1, 0.15) is 24.8 Å². The molecule has 0 radical (unpaired) electrons. The fourth-order valence-electron chi connectivity index (χ4n) is 4.15. The van der Waals surface area contributed by atoms with Crippen molar-refractivity contribution in [1.82, 2.24) is 10.2 Å². The van der Waals surface area contributed by atoms with E-state index >= 15 is 0 Å². The highest BCUT2D eigenvalue weighted by atomic mass is 32.2. The van der Waals surface area contributed by atoms with E-state index in [-0.39, 0.29) is 10.9 Å². The van der Waals surface area contributed by atoms with E-state index in [9.17, 15) is 8.42 Å². The molecular formula is C25H32N4O4S. The average Bonchev–Trinajstić information content (AvgIpc) is 2.84. The fraction of sp³-hybridized carbons (Fsp3) is 0.400. The summed E-state index contributed by atoms with van der Waals surface area (Å²) in [4.78, 5) is 4.36. The SMILES string of the molecule is COc1ccc2c(c1)N(C)C(NC/C=C\COc1cccc(CN3CCCCC3)c1)=NS2(=O)=O. The van der Waals surface area contributed by atoms with Crippen molar-refractivity contribution in [3.8, 4) is 11.5 Å². The molecule has 1 saturated heterocycles. The van der Waals surface area contributed by atoms with Crippen molar-refractivity contribution >= 4 is 21.7 Å². The molecule has 0 atom stereocenters. The van der Waals surface area contributed by atoms with E-state index in [1.54, 1.807) is 31.2 Å². The molecule has 8 nitrogen and oxygen atoms in total. The predicted octanol–water partition coefficient (Wildman–Crippen LogP) is 3.40. The highest BCUT2D eigenvalue weighted by Crippen LogP contribution is 2.33. The van der Waals surface area contributed by atoms with Crippen LogP contribution in [0.5, 0.6) is 11.5 Å². The number of nitrogens with zero attached hydrogens (tertiary/aromatic N) is 3. The number of piperidine rings is 1. The van der Waals surface area contributed by atoms with Crippen molar-refractivity contribution in [3.05, 3.63) is 60.2 Å². The summed E-state index contributed by atoms with van der Waals surface area (Å²) in [6.45, 7) is 4.14. The lowest BCUT2D eigenvalue weighted by Gasteiger charge is -2.27. The molecule has 0 amide bonds. The number of hydrogen-bond acceptors (Lipinski definition) is 7. The molecule has 0 unspecified atom stereocenters. The Hall–Kier alpha value is -3.04. The van der Waals surface area contributed by atoms with E-state index in [0.29, 0.717) is 24.6 Å². The Morgan fingerprint density at radius 1 is 1.06 bits per heavy atom. The molecule has 2 aromatic carbocycles. The second-order valence-corrected chi connectivity index (χ2v) is 10.0. The molecule has 0 bridgehead atoms. The van der Waals surface area contributed by atoms with Crippen LogP contribution >= 0.6 is 0 Å². The van der Waals surface area contributed by atoms with Gasteiger partial charge in [0.25, 0.3) is 10.0 Å². The normalized spacial score (nSPS) is 17.8. The molecule has 182 valence electrons. The van der Waals surface area contributed by atoms with Gasteiger partial charge >= 0.3 is 0 Å². The van der Waals surface area contributed by atoms with E-state index in [2.05, 4.69) is 26.7 Å². The van der Waals surface area contributed by atoms with Gasteiger partial charge in [0.1, 0.15) is 23.0 Å². The van der Waals surface area contributed by atoms with Gasteiger partial charge < -0.3 is 19.7 Å². The van der Waals surface area contributed by atoms with E-state index in [4.69, 9.17) is 9.47 Å². The van der Waals surface area contributed by atoms with E-state index in [0.717, 1.165) is 12.3 Å². The zero-order valence-corrected chi connectivity index (χ0v) is 20.6. The monoisotopic (exact) mass is 484 g/mol. The van der Waals surface area contributed by atoms with Gasteiger partial charge in [-0.1, -0.05) is 24.6 Å². The molecule has 0 aliphatic carbocycles. The molecule has 2 heterocycles. The second-order valence-electron chi connectivity index (χ2n) is 8.43. The first-order valence-electron chi connectivity index (χ1n) is 11.6. The van der Waals surface area contributed by atoms with Crippen LogP contribution in [0.15, 0.2) is 63.9 Å². The van der Waals surface area contributed by atoms with Gasteiger partial charge in [0.05, 0.1) is 12.8 Å². The molecule has 1 N–H and O–H groups in total. The minimum atomic E-state index is -3.77. The van der Waals surface area contributed by atoms with E-state index in [1.165, 1.54) is 44.0 Å². The summed E-state index contributed by atoms with van der Waals surface area (Å²) in [5.41, 5.74) is 1.79. The Kier molecular flexibility index (Phi) is 7.74. The van der Waals surface area contributed by atoms with Gasteiger partial charge in [-0.25, -0.2) is 0 Å². The summed E-state index contributed by atoms with van der Waals surface area (Å²) in [6.07, 6.45) is 7.69. The van der Waals surface area contributed by atoms with Gasteiger partial charge in [0.15, 0.2) is 0 Å². The quantitative estimate of drug-likeness (QED) is 0.575. The number of benzene rings is 2. The molecule has 2 aromatic rings. The number of hydrogen-bond donors (Lipinski definition) is 1. The number of fused-ring (bicyclic) bond motifs is 1. The predicted molar refractivity (Wildman–Crippen MR) is 134 cm³/mol. The molecule has 4 rings (SSSR count). The minimum Gasteiger partial charge on any atom is -0.497 e. The first-order valence-corrected chi connectivity index (χ1v) is 13.0. The molecule has 2 aliphatic rings. The highest BCUT2D eigenvalue weighted by Gasteiger charge is 2.29. The third kappa shape index (κ3) is 5.90. The Morgan fingerprint density at radius 2 is 1.88 bits per heavy atom. The molecule has 0 saturated carbocycles. The summed E-state index contributed by atoms with van der Waals surface area (Å²) >= 11 is 0. The summed E-state index contributed by atoms with van der Waals surface area (Å²) in [6, 6.07) is 13.1. The fourth-order valence-corrected chi connectivity index (χ4v) is 5.36. The maximum absolute atomic E-state index is 12.5. The lowest BCUT2D eigenvalue weighted by Crippen LogP contribution is -2.42. The van der Waals surface area contributed by atoms with Crippen LogP contribution in [0.2, 0.25) is 0 Å². The summed E-state index contributed by atoms with van der Waals surface area (Å²) in [5.74, 6) is 1.69. The molecule has 9 heteroatoms. The highest BCUT2D eigenvalue weighted by molar-refractivity contribution is 7.90. The first kappa shape index (κ1) is 24.1. The van der Waals surface area contributed by atoms with Crippen molar-refractivity contribution in [2.45, 2.75) is 30.7 Å². The smallest absolute Gasteiger partial charge is 0.287 e. The van der Waals surface area contributed by atoms with Crippen molar-refractivity contribution < 1.29 is 17.9 Å². The van der Waals surface area contributed by atoms with Crippen molar-refractivity contribution in [1.29, 1.82) is 0 Å². The molecule has 2 aliphatic heterocycles. The minimum absolute atomic E-state index is 0.160. The number of guanidine groups is 1. The van der Waals surface area contributed by atoms with Crippen molar-refractivity contribution in [3.63, 3.8) is 0 Å². The average molecular weight is 485 g/mol. The van der Waals surface area contributed by atoms with Gasteiger partial charge in [-0.3, -0.25) is 4.90 Å². The molecule has 0 aromatic heterocycles. The topological polar surface area (TPSA) is 83.5 Å². The third-order valence-electron chi connectivity index (χ3n) is 5.97. The third-order valence-corrected chi connectivity index (χ3v) is 7.29. The van der Waals surface area contributed by atoms with Crippen LogP contribution < -0.4 is 19.7 Å². The summed E-state index contributed by atoms with van der Waals surface area (Å²) in [7, 11) is -0.459. The summed E-state index contributed by atoms with van der Waals surface area (Å²) < 4.78 is 40.1. The maximum Gasteiger partial charge on any atom is 0.287 e. The van der Waals surface area contributed by atoms with Gasteiger partial charge in [-0.15, -0.1) is 4.40 Å². The Labute approximate surface area is 201 Å². The molecular weight excluding hydrogens is 452 g/mol. The Morgan fingerprint density at radius 3 is 2.68 bits per heavy atom. The largest absolute Gasteiger partial charge is 0.497 e. The zero-order chi connectivity index (χ0) is 24.0. The summed E-state index contributed by atoms with van der Waals surface area (Å²) in [5, 5.41) is 3.07. The first-order chi connectivity index (χ1) is 16.5. The molecule has 0 spiro atoms. The lowest BCUT2D eigenvalue weighted by molar-refractivity contribution is 0.220. The maximum atomic E-state index is 12.5. The molecule has 34 heavy (non-hydrogen) atoms. The number of anilines is 1. The lowest BCUT2D eigenvalue weighted by atomic mass is 10.1. The van der Waals surface area contributed by atoms with Crippen LogP contribution in [-0.2, 0) is 16.6 Å². The van der Waals surface area contributed by atoms with Crippen molar-refractivity contribution in [2.24, 2.45) is 4.40 Å². The van der Waals surface area contributed by atoms with Gasteiger partial charge in [-0.05, 0) is 61.8 Å². The molecule has 1 fully saturated rings. The van der Waals surface area contributed by atoms with E-state index in [1.807, 2.05) is 24.3 Å². The number of ether oxygens (including phenoxy) is 2. The number of methoxy groups -OCH3 is 1. The van der Waals surface area contributed by atoms with Crippen LogP contribution in [-0.4, -0.2) is 59.7 Å². The number of nitrogens with one attached hydrogen (secondary N) is 1. The van der Waals surface area contributed by atoms with Crippen LogP contribution in [0.4, 0.5) is 5.69 Å². The van der Waals surface area contributed by atoms with Crippen LogP contribution in [0, 0.1) is 0 Å². The Balaban J connectivity index is 1.28. The number of likely N-dealkylation sites (tertiary alicyclic amines) is 1. The van der Waals surface area contributed by atoms with E-state index < -0.39 is 10.0 Å². The van der Waals surface area contributed by atoms with Gasteiger partial charge in [0.2, 0.25) is 5.96 Å². The number of sulfonamides is 1. The van der Waals surface area contributed by atoms with Crippen molar-refractivity contribution in [2.75, 3.05) is 45.3 Å². The standard InChI is InChI=1S/C25H32N4O4S/c1-28-23-18-21(32-2)11-12-24(23)34(30,31)27-25(28)26-13-4-7-16-33-22-10-8-9-20(17-22)19-29-14-5-3-6-15-29/h4,7-12,17-18H,3,5-6,13-16,19H2,1-2H3,(H,26,27)/b7-4-. The Bertz CT molecular complexity index is 1160.